The number of amides is 1. The van der Waals surface area contributed by atoms with Gasteiger partial charge in [0.05, 0.1) is 24.8 Å². The van der Waals surface area contributed by atoms with Crippen LogP contribution in [0.25, 0.3) is 11.1 Å². The van der Waals surface area contributed by atoms with E-state index in [4.69, 9.17) is 4.74 Å². The van der Waals surface area contributed by atoms with Gasteiger partial charge in [0, 0.05) is 6.54 Å². The third-order valence-electron chi connectivity index (χ3n) is 5.89. The summed E-state index contributed by atoms with van der Waals surface area (Å²) >= 11 is 0. The lowest BCUT2D eigenvalue weighted by molar-refractivity contribution is -0.0231. The van der Waals surface area contributed by atoms with E-state index in [1.54, 1.807) is 26.0 Å². The SMILES string of the molecule is Cc1cc(F)c(C(=O)N2CCOC(c3ccc(F)c(F)c3)C2)cc1-c1cccc(C(C)O)c1. The van der Waals surface area contributed by atoms with Crippen LogP contribution < -0.4 is 0 Å². The average Bonchev–Trinajstić information content (AvgIpc) is 2.80. The quantitative estimate of drug-likeness (QED) is 0.577. The van der Waals surface area contributed by atoms with E-state index in [9.17, 15) is 23.1 Å². The van der Waals surface area contributed by atoms with Crippen molar-refractivity contribution in [2.75, 3.05) is 19.7 Å². The molecule has 33 heavy (non-hydrogen) atoms. The fourth-order valence-corrected chi connectivity index (χ4v) is 4.03. The molecule has 0 spiro atoms. The number of nitrogens with zero attached hydrogens (tertiary/aromatic N) is 1. The van der Waals surface area contributed by atoms with Crippen molar-refractivity contribution < 1.29 is 27.8 Å². The normalized spacial score (nSPS) is 17.2. The Labute approximate surface area is 190 Å². The first-order valence-electron chi connectivity index (χ1n) is 10.7. The largest absolute Gasteiger partial charge is 0.389 e. The van der Waals surface area contributed by atoms with Gasteiger partial charge in [0.2, 0.25) is 0 Å². The number of benzene rings is 3. The van der Waals surface area contributed by atoms with E-state index < -0.39 is 35.6 Å². The zero-order chi connectivity index (χ0) is 23.7. The molecule has 0 aliphatic carbocycles. The summed E-state index contributed by atoms with van der Waals surface area (Å²) in [6.45, 7) is 3.94. The minimum absolute atomic E-state index is 0.0796. The molecule has 172 valence electrons. The lowest BCUT2D eigenvalue weighted by Crippen LogP contribution is -2.42. The summed E-state index contributed by atoms with van der Waals surface area (Å²) in [6.07, 6.45) is -1.30. The van der Waals surface area contributed by atoms with Gasteiger partial charge in [-0.05, 0) is 72.0 Å². The van der Waals surface area contributed by atoms with Gasteiger partial charge in [-0.15, -0.1) is 0 Å². The number of aryl methyl sites for hydroxylation is 1. The van der Waals surface area contributed by atoms with E-state index in [0.29, 0.717) is 22.3 Å². The summed E-state index contributed by atoms with van der Waals surface area (Å²) in [7, 11) is 0. The van der Waals surface area contributed by atoms with Crippen molar-refractivity contribution >= 4 is 5.91 Å². The molecule has 1 aliphatic heterocycles. The van der Waals surface area contributed by atoms with Crippen LogP contribution in [-0.2, 0) is 4.74 Å². The molecule has 1 amide bonds. The predicted molar refractivity (Wildman–Crippen MR) is 118 cm³/mol. The number of hydrogen-bond acceptors (Lipinski definition) is 3. The second-order valence-electron chi connectivity index (χ2n) is 8.23. The van der Waals surface area contributed by atoms with E-state index in [1.165, 1.54) is 23.1 Å². The summed E-state index contributed by atoms with van der Waals surface area (Å²) < 4.78 is 47.5. The van der Waals surface area contributed by atoms with Gasteiger partial charge < -0.3 is 14.7 Å². The van der Waals surface area contributed by atoms with Crippen LogP contribution in [0, 0.1) is 24.4 Å². The Hall–Kier alpha value is -3.16. The number of carbonyl (C=O) groups is 1. The zero-order valence-electron chi connectivity index (χ0n) is 18.3. The van der Waals surface area contributed by atoms with Crippen LogP contribution in [-0.4, -0.2) is 35.6 Å². The van der Waals surface area contributed by atoms with Crippen LogP contribution in [0.4, 0.5) is 13.2 Å². The number of ether oxygens (including phenoxy) is 1. The molecule has 3 aromatic rings. The maximum atomic E-state index is 14.9. The molecule has 2 atom stereocenters. The highest BCUT2D eigenvalue weighted by Gasteiger charge is 2.28. The highest BCUT2D eigenvalue weighted by molar-refractivity contribution is 5.96. The molecule has 2 unspecified atom stereocenters. The zero-order valence-corrected chi connectivity index (χ0v) is 18.3. The third kappa shape index (κ3) is 4.79. The number of carbonyl (C=O) groups excluding carboxylic acids is 1. The molecule has 1 N–H and O–H groups in total. The molecule has 0 bridgehead atoms. The molecule has 1 heterocycles. The first kappa shape index (κ1) is 23.0. The van der Waals surface area contributed by atoms with Crippen LogP contribution in [0.1, 0.15) is 46.2 Å². The minimum Gasteiger partial charge on any atom is -0.389 e. The van der Waals surface area contributed by atoms with E-state index in [-0.39, 0.29) is 25.3 Å². The molecular formula is C26H24F3NO3. The van der Waals surface area contributed by atoms with Gasteiger partial charge in [-0.1, -0.05) is 24.3 Å². The molecule has 0 radical (unpaired) electrons. The maximum Gasteiger partial charge on any atom is 0.257 e. The number of morpholine rings is 1. The summed E-state index contributed by atoms with van der Waals surface area (Å²) in [5.74, 6) is -3.09. The summed E-state index contributed by atoms with van der Waals surface area (Å²) in [4.78, 5) is 14.7. The lowest BCUT2D eigenvalue weighted by atomic mass is 9.95. The molecule has 1 saturated heterocycles. The highest BCUT2D eigenvalue weighted by Crippen LogP contribution is 2.30. The van der Waals surface area contributed by atoms with Gasteiger partial charge in [-0.25, -0.2) is 13.2 Å². The molecule has 3 aromatic carbocycles. The Morgan fingerprint density at radius 2 is 1.85 bits per heavy atom. The first-order chi connectivity index (χ1) is 15.7. The standard InChI is InChI=1S/C26H24F3NO3/c1-15-10-23(28)21(13-20(15)18-5-3-4-17(11-18)16(2)31)26(32)30-8-9-33-25(14-30)19-6-7-22(27)24(29)12-19/h3-7,10-13,16,25,31H,8-9,14H2,1-2H3. The molecule has 0 saturated carbocycles. The first-order valence-corrected chi connectivity index (χ1v) is 10.7. The monoisotopic (exact) mass is 455 g/mol. The Balaban J connectivity index is 1.63. The van der Waals surface area contributed by atoms with E-state index in [2.05, 4.69) is 0 Å². The molecule has 7 heteroatoms. The van der Waals surface area contributed by atoms with Crippen LogP contribution in [0.15, 0.2) is 54.6 Å². The molecule has 0 aromatic heterocycles. The van der Waals surface area contributed by atoms with Crippen LogP contribution in [0.3, 0.4) is 0 Å². The van der Waals surface area contributed by atoms with E-state index in [0.717, 1.165) is 17.7 Å². The molecule has 1 aliphatic rings. The van der Waals surface area contributed by atoms with Crippen molar-refractivity contribution in [1.29, 1.82) is 0 Å². The van der Waals surface area contributed by atoms with Crippen molar-refractivity contribution in [3.8, 4) is 11.1 Å². The number of aliphatic hydroxyl groups is 1. The van der Waals surface area contributed by atoms with Crippen LogP contribution in [0.5, 0.6) is 0 Å². The van der Waals surface area contributed by atoms with Crippen molar-refractivity contribution in [2.45, 2.75) is 26.1 Å². The highest BCUT2D eigenvalue weighted by atomic mass is 19.2. The number of aliphatic hydroxyl groups excluding tert-OH is 1. The Morgan fingerprint density at radius 1 is 1.06 bits per heavy atom. The topological polar surface area (TPSA) is 49.8 Å². The van der Waals surface area contributed by atoms with Crippen molar-refractivity contribution in [3.05, 3.63) is 94.3 Å². The second-order valence-corrected chi connectivity index (χ2v) is 8.23. The molecule has 4 rings (SSSR count). The number of halogens is 3. The second kappa shape index (κ2) is 9.37. The van der Waals surface area contributed by atoms with Gasteiger partial charge in [0.15, 0.2) is 11.6 Å². The van der Waals surface area contributed by atoms with Gasteiger partial charge in [-0.3, -0.25) is 4.79 Å². The third-order valence-corrected chi connectivity index (χ3v) is 5.89. The number of hydrogen-bond donors (Lipinski definition) is 1. The van der Waals surface area contributed by atoms with Crippen LogP contribution in [0.2, 0.25) is 0 Å². The Kier molecular flexibility index (Phi) is 6.54. The summed E-state index contributed by atoms with van der Waals surface area (Å²) in [6, 6.07) is 13.6. The van der Waals surface area contributed by atoms with E-state index >= 15 is 0 Å². The molecule has 4 nitrogen and oxygen atoms in total. The average molecular weight is 455 g/mol. The maximum absolute atomic E-state index is 14.9. The van der Waals surface area contributed by atoms with Gasteiger partial charge in [-0.2, -0.15) is 0 Å². The summed E-state index contributed by atoms with van der Waals surface area (Å²) in [5.41, 5.74) is 3.16. The van der Waals surface area contributed by atoms with Gasteiger partial charge in [0.25, 0.3) is 5.91 Å². The Morgan fingerprint density at radius 3 is 2.58 bits per heavy atom. The molecular weight excluding hydrogens is 431 g/mol. The summed E-state index contributed by atoms with van der Waals surface area (Å²) in [5, 5.41) is 9.90. The van der Waals surface area contributed by atoms with Crippen molar-refractivity contribution in [1.82, 2.24) is 4.90 Å². The van der Waals surface area contributed by atoms with Crippen molar-refractivity contribution in [3.63, 3.8) is 0 Å². The minimum atomic E-state index is -0.992. The predicted octanol–water partition coefficient (Wildman–Crippen LogP) is 5.35. The van der Waals surface area contributed by atoms with Gasteiger partial charge >= 0.3 is 0 Å². The fourth-order valence-electron chi connectivity index (χ4n) is 4.03. The lowest BCUT2D eigenvalue weighted by Gasteiger charge is -2.33. The Bertz CT molecular complexity index is 1200. The van der Waals surface area contributed by atoms with Crippen LogP contribution >= 0.6 is 0 Å². The van der Waals surface area contributed by atoms with Gasteiger partial charge in [0.1, 0.15) is 11.9 Å². The fraction of sp³-hybridized carbons (Fsp3) is 0.269. The molecule has 1 fully saturated rings. The van der Waals surface area contributed by atoms with E-state index in [1.807, 2.05) is 12.1 Å². The smallest absolute Gasteiger partial charge is 0.257 e. The van der Waals surface area contributed by atoms with Crippen molar-refractivity contribution in [2.24, 2.45) is 0 Å². The number of rotatable bonds is 4.